The minimum atomic E-state index is -0.249. The lowest BCUT2D eigenvalue weighted by Gasteiger charge is -2.40. The average Bonchev–Trinajstić information content (AvgIpc) is 2.87. The Morgan fingerprint density at radius 1 is 1.03 bits per heavy atom. The number of hydrogen-bond acceptors (Lipinski definition) is 6. The number of carbonyl (C=O) groups excluding carboxylic acids is 1. The van der Waals surface area contributed by atoms with E-state index in [1.165, 1.54) is 0 Å². The number of pyridine rings is 2. The maximum atomic E-state index is 12.7. The lowest BCUT2D eigenvalue weighted by molar-refractivity contribution is -0.146. The summed E-state index contributed by atoms with van der Waals surface area (Å²) in [5, 5.41) is 1.27. The van der Waals surface area contributed by atoms with Crippen LogP contribution in [0.15, 0.2) is 42.7 Å². The zero-order valence-electron chi connectivity index (χ0n) is 23.4. The predicted octanol–water partition coefficient (Wildman–Crippen LogP) is 7.50. The van der Waals surface area contributed by atoms with Crippen molar-refractivity contribution in [2.75, 3.05) is 24.6 Å². The van der Waals surface area contributed by atoms with Gasteiger partial charge >= 0.3 is 5.97 Å². The number of ether oxygens (including phenoxy) is 2. The quantitative estimate of drug-likeness (QED) is 0.248. The summed E-state index contributed by atoms with van der Waals surface area (Å²) < 4.78 is 11.4. The van der Waals surface area contributed by atoms with Crippen LogP contribution in [0.4, 0.5) is 5.69 Å². The van der Waals surface area contributed by atoms with Crippen molar-refractivity contribution in [1.82, 2.24) is 9.97 Å². The van der Waals surface area contributed by atoms with Gasteiger partial charge in [0.2, 0.25) is 0 Å². The summed E-state index contributed by atoms with van der Waals surface area (Å²) in [5.74, 6) is 0.407. The van der Waals surface area contributed by atoms with Crippen LogP contribution >= 0.6 is 23.2 Å². The molecule has 0 saturated carbocycles. The van der Waals surface area contributed by atoms with E-state index < -0.39 is 0 Å². The van der Waals surface area contributed by atoms with Crippen molar-refractivity contribution >= 4 is 34.9 Å². The van der Waals surface area contributed by atoms with Gasteiger partial charge in [-0.05, 0) is 68.9 Å². The number of aryl methyl sites for hydroxylation is 1. The monoisotopic (exact) mass is 569 g/mol. The van der Waals surface area contributed by atoms with Crippen LogP contribution < -0.4 is 9.64 Å². The largest absolute Gasteiger partial charge is 0.492 e. The number of nitrogens with zero attached hydrogens (tertiary/aromatic N) is 3. The van der Waals surface area contributed by atoms with Gasteiger partial charge in [-0.2, -0.15) is 0 Å². The molecule has 208 valence electrons. The summed E-state index contributed by atoms with van der Waals surface area (Å²) in [6.07, 6.45) is 6.32. The molecule has 3 heterocycles. The molecule has 1 aromatic carbocycles. The second kappa shape index (κ2) is 12.6. The zero-order chi connectivity index (χ0) is 28.2. The van der Waals surface area contributed by atoms with Gasteiger partial charge in [0, 0.05) is 52.6 Å². The minimum absolute atomic E-state index is 0.170. The fraction of sp³-hybridized carbons (Fsp3) is 0.452. The molecule has 0 amide bonds. The van der Waals surface area contributed by atoms with Crippen LogP contribution in [0.25, 0.3) is 11.3 Å². The molecule has 0 bridgehead atoms. The summed E-state index contributed by atoms with van der Waals surface area (Å²) in [6, 6.07) is 9.33. The number of hydrogen-bond donors (Lipinski definition) is 0. The molecular weight excluding hydrogens is 533 g/mol. The summed E-state index contributed by atoms with van der Waals surface area (Å²) in [6.45, 7) is 12.5. The summed E-state index contributed by atoms with van der Waals surface area (Å²) >= 11 is 12.6. The molecular formula is C31H37Cl2N3O3. The molecule has 39 heavy (non-hydrogen) atoms. The first-order valence-corrected chi connectivity index (χ1v) is 14.2. The van der Waals surface area contributed by atoms with Crippen LogP contribution in [0, 0.1) is 12.3 Å². The third kappa shape index (κ3) is 7.43. The molecule has 0 spiro atoms. The van der Waals surface area contributed by atoms with Crippen molar-refractivity contribution in [2.24, 2.45) is 5.41 Å². The standard InChI is InChI=1S/C31H37Cl2N3O3/c1-20(2)39-29(37)17-24-21(3)34-19-25(30(24)36-14-12-31(4,5)13-15-36)28-10-9-22(18-35-28)38-16-11-23-26(32)7-6-8-27(23)33/h6-10,18-20H,11-17H2,1-5H3. The Morgan fingerprint density at radius 3 is 2.33 bits per heavy atom. The molecule has 1 fully saturated rings. The van der Waals surface area contributed by atoms with Crippen LogP contribution in [0.3, 0.4) is 0 Å². The topological polar surface area (TPSA) is 64.6 Å². The van der Waals surface area contributed by atoms with Crippen LogP contribution in [-0.2, 0) is 22.4 Å². The van der Waals surface area contributed by atoms with E-state index in [0.29, 0.717) is 34.2 Å². The number of anilines is 1. The van der Waals surface area contributed by atoms with Crippen LogP contribution in [0.1, 0.15) is 57.4 Å². The van der Waals surface area contributed by atoms with Crippen molar-refractivity contribution in [3.05, 3.63) is 69.6 Å². The Labute approximate surface area is 241 Å². The van der Waals surface area contributed by atoms with E-state index >= 15 is 0 Å². The van der Waals surface area contributed by atoms with Crippen molar-refractivity contribution in [3.63, 3.8) is 0 Å². The Bertz CT molecular complexity index is 1280. The molecule has 0 N–H and O–H groups in total. The normalized spacial score (nSPS) is 14.9. The number of carbonyl (C=O) groups is 1. The van der Waals surface area contributed by atoms with Gasteiger partial charge in [0.25, 0.3) is 0 Å². The number of esters is 1. The Hall–Kier alpha value is -2.83. The van der Waals surface area contributed by atoms with Crippen LogP contribution in [0.5, 0.6) is 5.75 Å². The van der Waals surface area contributed by atoms with Gasteiger partial charge in [-0.1, -0.05) is 43.1 Å². The SMILES string of the molecule is Cc1ncc(-c2ccc(OCCc3c(Cl)cccc3Cl)cn2)c(N2CCC(C)(C)CC2)c1CC(=O)OC(C)C. The molecule has 8 heteroatoms. The molecule has 6 nitrogen and oxygen atoms in total. The average molecular weight is 571 g/mol. The molecule has 2 aromatic heterocycles. The second-order valence-corrected chi connectivity index (χ2v) is 11.9. The Kier molecular flexibility index (Phi) is 9.39. The molecule has 0 aliphatic carbocycles. The van der Waals surface area contributed by atoms with Crippen molar-refractivity contribution in [1.29, 1.82) is 0 Å². The third-order valence-corrected chi connectivity index (χ3v) is 7.89. The first-order chi connectivity index (χ1) is 18.5. The van der Waals surface area contributed by atoms with E-state index in [2.05, 4.69) is 23.7 Å². The summed E-state index contributed by atoms with van der Waals surface area (Å²) in [4.78, 5) is 24.5. The highest BCUT2D eigenvalue weighted by atomic mass is 35.5. The predicted molar refractivity (Wildman–Crippen MR) is 158 cm³/mol. The second-order valence-electron chi connectivity index (χ2n) is 11.1. The molecule has 0 atom stereocenters. The van der Waals surface area contributed by atoms with Crippen molar-refractivity contribution in [2.45, 2.75) is 66.4 Å². The highest BCUT2D eigenvalue weighted by Crippen LogP contribution is 2.39. The summed E-state index contributed by atoms with van der Waals surface area (Å²) in [5.41, 5.74) is 5.60. The van der Waals surface area contributed by atoms with Gasteiger partial charge in [0.15, 0.2) is 0 Å². The van der Waals surface area contributed by atoms with E-state index in [1.54, 1.807) is 6.20 Å². The third-order valence-electron chi connectivity index (χ3n) is 7.18. The van der Waals surface area contributed by atoms with E-state index in [1.807, 2.05) is 57.3 Å². The van der Waals surface area contributed by atoms with Crippen molar-refractivity contribution < 1.29 is 14.3 Å². The smallest absolute Gasteiger partial charge is 0.310 e. The maximum absolute atomic E-state index is 12.7. The van der Waals surface area contributed by atoms with Crippen molar-refractivity contribution in [3.8, 4) is 17.0 Å². The van der Waals surface area contributed by atoms with Gasteiger partial charge in [0.1, 0.15) is 5.75 Å². The number of piperidine rings is 1. The van der Waals surface area contributed by atoms with Gasteiger partial charge in [-0.15, -0.1) is 0 Å². The molecule has 3 aromatic rings. The number of rotatable bonds is 9. The van der Waals surface area contributed by atoms with Crippen LogP contribution in [-0.4, -0.2) is 41.7 Å². The van der Waals surface area contributed by atoms with E-state index in [9.17, 15) is 4.79 Å². The highest BCUT2D eigenvalue weighted by Gasteiger charge is 2.30. The molecule has 0 radical (unpaired) electrons. The fourth-order valence-corrected chi connectivity index (χ4v) is 5.43. The van der Waals surface area contributed by atoms with E-state index in [-0.39, 0.29) is 18.5 Å². The van der Waals surface area contributed by atoms with Gasteiger partial charge in [0.05, 0.1) is 36.7 Å². The first kappa shape index (κ1) is 29.2. The fourth-order valence-electron chi connectivity index (χ4n) is 4.85. The first-order valence-electron chi connectivity index (χ1n) is 13.5. The molecule has 4 rings (SSSR count). The molecule has 1 aliphatic heterocycles. The van der Waals surface area contributed by atoms with Gasteiger partial charge < -0.3 is 14.4 Å². The van der Waals surface area contributed by atoms with E-state index in [4.69, 9.17) is 37.7 Å². The minimum Gasteiger partial charge on any atom is -0.492 e. The Morgan fingerprint density at radius 2 is 1.72 bits per heavy atom. The van der Waals surface area contributed by atoms with E-state index in [0.717, 1.165) is 59.7 Å². The maximum Gasteiger partial charge on any atom is 0.310 e. The van der Waals surface area contributed by atoms with Crippen LogP contribution in [0.2, 0.25) is 10.0 Å². The molecule has 1 saturated heterocycles. The Balaban J connectivity index is 1.59. The lowest BCUT2D eigenvalue weighted by atomic mass is 9.82. The molecule has 0 unspecified atom stereocenters. The highest BCUT2D eigenvalue weighted by molar-refractivity contribution is 6.36. The number of aromatic nitrogens is 2. The zero-order valence-corrected chi connectivity index (χ0v) is 24.9. The number of benzene rings is 1. The summed E-state index contributed by atoms with van der Waals surface area (Å²) in [7, 11) is 0. The van der Waals surface area contributed by atoms with Gasteiger partial charge in [-0.25, -0.2) is 0 Å². The molecule has 1 aliphatic rings. The van der Waals surface area contributed by atoms with Gasteiger partial charge in [-0.3, -0.25) is 14.8 Å². The lowest BCUT2D eigenvalue weighted by Crippen LogP contribution is -2.38. The number of halogens is 2.